The van der Waals surface area contributed by atoms with Crippen LogP contribution in [0.5, 0.6) is 0 Å². The number of hydrogen-bond acceptors (Lipinski definition) is 3. The lowest BCUT2D eigenvalue weighted by molar-refractivity contribution is 0.209. The zero-order valence-corrected chi connectivity index (χ0v) is 11.2. The van der Waals surface area contributed by atoms with Crippen LogP contribution in [0.4, 0.5) is 0 Å². The smallest absolute Gasteiger partial charge is 0.123 e. The summed E-state index contributed by atoms with van der Waals surface area (Å²) in [6.45, 7) is 5.03. The van der Waals surface area contributed by atoms with E-state index in [-0.39, 0.29) is 12.6 Å². The second-order valence-corrected chi connectivity index (χ2v) is 4.99. The average Bonchev–Trinajstić information content (AvgIpc) is 2.67. The minimum atomic E-state index is 0.116. The minimum Gasteiger partial charge on any atom is -0.395 e. The molecule has 1 aromatic heterocycles. The van der Waals surface area contributed by atoms with Gasteiger partial charge in [-0.15, -0.1) is 0 Å². The fourth-order valence-corrected chi connectivity index (χ4v) is 2.09. The maximum atomic E-state index is 9.29. The van der Waals surface area contributed by atoms with E-state index in [1.807, 2.05) is 25.2 Å². The van der Waals surface area contributed by atoms with Gasteiger partial charge in [-0.2, -0.15) is 0 Å². The summed E-state index contributed by atoms with van der Waals surface area (Å²) in [7, 11) is 2.02. The number of imidazole rings is 1. The number of aryl methyl sites for hydroxylation is 1. The molecular weight excluding hydrogens is 226 g/mol. The molecule has 0 saturated heterocycles. The molecule has 2 aromatic rings. The third-order valence-electron chi connectivity index (χ3n) is 3.40. The van der Waals surface area contributed by atoms with E-state index in [1.165, 1.54) is 0 Å². The Balaban J connectivity index is 2.14. The Kier molecular flexibility index (Phi) is 3.99. The number of aromatic nitrogens is 2. The number of aliphatic hydroxyl groups is 1. The number of nitrogens with one attached hydrogen (secondary N) is 1. The highest BCUT2D eigenvalue weighted by Gasteiger charge is 2.13. The first-order valence-corrected chi connectivity index (χ1v) is 6.38. The highest BCUT2D eigenvalue weighted by Crippen LogP contribution is 2.14. The molecule has 0 aliphatic rings. The van der Waals surface area contributed by atoms with Gasteiger partial charge in [0.2, 0.25) is 0 Å². The lowest BCUT2D eigenvalue weighted by Crippen LogP contribution is -2.37. The van der Waals surface area contributed by atoms with Crippen molar-refractivity contribution in [3.8, 4) is 0 Å². The summed E-state index contributed by atoms with van der Waals surface area (Å²) in [6, 6.07) is 8.22. The molecule has 18 heavy (non-hydrogen) atoms. The molecule has 0 aliphatic heterocycles. The summed E-state index contributed by atoms with van der Waals surface area (Å²) in [5.41, 5.74) is 2.15. The van der Waals surface area contributed by atoms with Gasteiger partial charge in [0, 0.05) is 13.1 Å². The van der Waals surface area contributed by atoms with Crippen LogP contribution in [-0.2, 0) is 13.6 Å². The maximum absolute atomic E-state index is 9.29. The molecule has 4 nitrogen and oxygen atoms in total. The first-order chi connectivity index (χ1) is 8.63. The normalized spacial score (nSPS) is 13.4. The van der Waals surface area contributed by atoms with Crippen LogP contribution < -0.4 is 5.32 Å². The Labute approximate surface area is 108 Å². The molecule has 0 bridgehead atoms. The Morgan fingerprint density at radius 3 is 2.67 bits per heavy atom. The summed E-state index contributed by atoms with van der Waals surface area (Å²) < 4.78 is 2.09. The minimum absolute atomic E-state index is 0.116. The average molecular weight is 247 g/mol. The van der Waals surface area contributed by atoms with E-state index in [1.54, 1.807) is 0 Å². The van der Waals surface area contributed by atoms with E-state index in [0.29, 0.717) is 12.5 Å². The van der Waals surface area contributed by atoms with Gasteiger partial charge >= 0.3 is 0 Å². The largest absolute Gasteiger partial charge is 0.395 e. The molecule has 0 aliphatic carbocycles. The summed E-state index contributed by atoms with van der Waals surface area (Å²) in [4.78, 5) is 4.60. The molecule has 2 N–H and O–H groups in total. The predicted octanol–water partition coefficient (Wildman–Crippen LogP) is 1.68. The number of para-hydroxylation sites is 2. The van der Waals surface area contributed by atoms with Crippen molar-refractivity contribution < 1.29 is 5.11 Å². The molecule has 0 radical (unpaired) electrons. The van der Waals surface area contributed by atoms with E-state index in [4.69, 9.17) is 0 Å². The van der Waals surface area contributed by atoms with Crippen LogP contribution in [0.2, 0.25) is 0 Å². The first-order valence-electron chi connectivity index (χ1n) is 6.38. The second-order valence-electron chi connectivity index (χ2n) is 4.99. The monoisotopic (exact) mass is 247 g/mol. The van der Waals surface area contributed by atoms with Crippen molar-refractivity contribution in [3.63, 3.8) is 0 Å². The van der Waals surface area contributed by atoms with Crippen LogP contribution in [0.15, 0.2) is 24.3 Å². The van der Waals surface area contributed by atoms with Gasteiger partial charge in [0.1, 0.15) is 5.82 Å². The highest BCUT2D eigenvalue weighted by molar-refractivity contribution is 5.75. The van der Waals surface area contributed by atoms with Crippen molar-refractivity contribution in [1.29, 1.82) is 0 Å². The number of nitrogens with zero attached hydrogens (tertiary/aromatic N) is 2. The van der Waals surface area contributed by atoms with E-state index in [0.717, 1.165) is 16.9 Å². The molecule has 1 heterocycles. The molecule has 0 fully saturated rings. The SMILES string of the molecule is CC(C)[C@@H](CO)NCc1nc2ccccc2n1C. The van der Waals surface area contributed by atoms with Crippen molar-refractivity contribution in [2.75, 3.05) is 6.61 Å². The summed E-state index contributed by atoms with van der Waals surface area (Å²) in [5.74, 6) is 1.40. The maximum Gasteiger partial charge on any atom is 0.123 e. The summed E-state index contributed by atoms with van der Waals surface area (Å²) >= 11 is 0. The van der Waals surface area contributed by atoms with Crippen molar-refractivity contribution in [2.24, 2.45) is 13.0 Å². The van der Waals surface area contributed by atoms with Crippen LogP contribution in [0.1, 0.15) is 19.7 Å². The van der Waals surface area contributed by atoms with Crippen LogP contribution in [-0.4, -0.2) is 27.3 Å². The molecule has 0 unspecified atom stereocenters. The zero-order chi connectivity index (χ0) is 13.1. The lowest BCUT2D eigenvalue weighted by atomic mass is 10.1. The predicted molar refractivity (Wildman–Crippen MR) is 73.3 cm³/mol. The van der Waals surface area contributed by atoms with Crippen molar-refractivity contribution in [2.45, 2.75) is 26.4 Å². The third-order valence-corrected chi connectivity index (χ3v) is 3.40. The summed E-state index contributed by atoms with van der Waals surface area (Å²) in [5, 5.41) is 12.6. The Morgan fingerprint density at radius 1 is 1.33 bits per heavy atom. The van der Waals surface area contributed by atoms with E-state index in [2.05, 4.69) is 34.8 Å². The van der Waals surface area contributed by atoms with Crippen molar-refractivity contribution >= 4 is 11.0 Å². The van der Waals surface area contributed by atoms with Gasteiger partial charge in [0.15, 0.2) is 0 Å². The number of rotatable bonds is 5. The standard InChI is InChI=1S/C14H21N3O/c1-10(2)12(9-18)15-8-14-16-11-6-4-5-7-13(11)17(14)3/h4-7,10,12,15,18H,8-9H2,1-3H3/t12-/m1/s1. The van der Waals surface area contributed by atoms with E-state index >= 15 is 0 Å². The molecule has 0 saturated carbocycles. The molecule has 0 spiro atoms. The van der Waals surface area contributed by atoms with Gasteiger partial charge in [-0.05, 0) is 18.1 Å². The van der Waals surface area contributed by atoms with Gasteiger partial charge < -0.3 is 15.0 Å². The summed E-state index contributed by atoms with van der Waals surface area (Å²) in [6.07, 6.45) is 0. The molecular formula is C14H21N3O. The third kappa shape index (κ3) is 2.54. The van der Waals surface area contributed by atoms with E-state index in [9.17, 15) is 5.11 Å². The van der Waals surface area contributed by atoms with Crippen LogP contribution in [0, 0.1) is 5.92 Å². The number of aliphatic hydroxyl groups excluding tert-OH is 1. The van der Waals surface area contributed by atoms with Crippen LogP contribution >= 0.6 is 0 Å². The second kappa shape index (κ2) is 5.50. The number of benzene rings is 1. The highest BCUT2D eigenvalue weighted by atomic mass is 16.3. The van der Waals surface area contributed by atoms with Crippen molar-refractivity contribution in [3.05, 3.63) is 30.1 Å². The van der Waals surface area contributed by atoms with Crippen molar-refractivity contribution in [1.82, 2.24) is 14.9 Å². The van der Waals surface area contributed by atoms with Gasteiger partial charge in [-0.3, -0.25) is 0 Å². The molecule has 4 heteroatoms. The van der Waals surface area contributed by atoms with Gasteiger partial charge in [-0.1, -0.05) is 26.0 Å². The molecule has 1 aromatic carbocycles. The number of fused-ring (bicyclic) bond motifs is 1. The zero-order valence-electron chi connectivity index (χ0n) is 11.2. The molecule has 2 rings (SSSR count). The van der Waals surface area contributed by atoms with Gasteiger partial charge in [0.25, 0.3) is 0 Å². The van der Waals surface area contributed by atoms with Crippen LogP contribution in [0.3, 0.4) is 0 Å². The fourth-order valence-electron chi connectivity index (χ4n) is 2.09. The molecule has 98 valence electrons. The Morgan fingerprint density at radius 2 is 2.06 bits per heavy atom. The van der Waals surface area contributed by atoms with Crippen LogP contribution in [0.25, 0.3) is 11.0 Å². The topological polar surface area (TPSA) is 50.1 Å². The quantitative estimate of drug-likeness (QED) is 0.845. The Hall–Kier alpha value is -1.39. The molecule has 0 amide bonds. The number of hydrogen-bond donors (Lipinski definition) is 2. The van der Waals surface area contributed by atoms with Gasteiger partial charge in [-0.25, -0.2) is 4.98 Å². The van der Waals surface area contributed by atoms with E-state index < -0.39 is 0 Å². The van der Waals surface area contributed by atoms with Gasteiger partial charge in [0.05, 0.1) is 24.2 Å². The molecule has 1 atom stereocenters. The fraction of sp³-hybridized carbons (Fsp3) is 0.500. The Bertz CT molecular complexity index is 519. The lowest BCUT2D eigenvalue weighted by Gasteiger charge is -2.19. The first kappa shape index (κ1) is 13.1.